The second-order valence-electron chi connectivity index (χ2n) is 5.46. The first-order valence-electron chi connectivity index (χ1n) is 7.59. The quantitative estimate of drug-likeness (QED) is 0.590. The molecule has 0 aliphatic rings. The minimum Gasteiger partial charge on any atom is -0.388 e. The third kappa shape index (κ3) is 4.15. The van der Waals surface area contributed by atoms with Gasteiger partial charge in [-0.3, -0.25) is 14.9 Å². The van der Waals surface area contributed by atoms with Gasteiger partial charge in [-0.15, -0.1) is 11.3 Å². The Morgan fingerprint density at radius 2 is 1.96 bits per heavy atom. The molecule has 2 N–H and O–H groups in total. The number of aliphatic hydroxyl groups is 1. The molecule has 0 bridgehead atoms. The summed E-state index contributed by atoms with van der Waals surface area (Å²) in [6, 6.07) is 6.01. The molecular formula is C16H19N3O4S. The molecule has 1 amide bonds. The average molecular weight is 349 g/mol. The molecule has 0 saturated carbocycles. The second-order valence-corrected chi connectivity index (χ2v) is 6.31. The summed E-state index contributed by atoms with van der Waals surface area (Å²) in [5, 5.41) is 25.8. The number of aromatic nitrogens is 1. The Morgan fingerprint density at radius 3 is 2.50 bits per heavy atom. The zero-order valence-electron chi connectivity index (χ0n) is 13.5. The van der Waals surface area contributed by atoms with Gasteiger partial charge in [-0.05, 0) is 25.0 Å². The second kappa shape index (κ2) is 7.50. The van der Waals surface area contributed by atoms with Crippen molar-refractivity contribution >= 4 is 22.9 Å². The highest BCUT2D eigenvalue weighted by Gasteiger charge is 2.23. The van der Waals surface area contributed by atoms with Crippen LogP contribution in [0, 0.1) is 10.1 Å². The van der Waals surface area contributed by atoms with E-state index in [4.69, 9.17) is 0 Å². The third-order valence-electron chi connectivity index (χ3n) is 3.96. The number of benzene rings is 1. The number of nitro benzene ring substituents is 1. The lowest BCUT2D eigenvalue weighted by Gasteiger charge is -2.25. The highest BCUT2D eigenvalue weighted by atomic mass is 32.1. The van der Waals surface area contributed by atoms with E-state index in [9.17, 15) is 20.0 Å². The predicted molar refractivity (Wildman–Crippen MR) is 92.1 cm³/mol. The summed E-state index contributed by atoms with van der Waals surface area (Å²) >= 11 is 1.29. The molecule has 0 atom stereocenters. The zero-order valence-corrected chi connectivity index (χ0v) is 14.3. The molecule has 2 aromatic rings. The third-order valence-corrected chi connectivity index (χ3v) is 4.85. The molecule has 0 radical (unpaired) electrons. The Balaban J connectivity index is 2.07. The van der Waals surface area contributed by atoms with E-state index >= 15 is 0 Å². The van der Waals surface area contributed by atoms with Crippen LogP contribution in [-0.4, -0.2) is 33.1 Å². The van der Waals surface area contributed by atoms with Gasteiger partial charge in [0.25, 0.3) is 11.6 Å². The van der Waals surface area contributed by atoms with Crippen molar-refractivity contribution in [1.82, 2.24) is 10.3 Å². The van der Waals surface area contributed by atoms with Crippen LogP contribution in [0.25, 0.3) is 10.6 Å². The first kappa shape index (κ1) is 18.0. The van der Waals surface area contributed by atoms with Crippen molar-refractivity contribution in [3.05, 3.63) is 45.5 Å². The molecule has 1 heterocycles. The van der Waals surface area contributed by atoms with Crippen LogP contribution in [0.5, 0.6) is 0 Å². The first-order chi connectivity index (χ1) is 11.4. The molecule has 128 valence electrons. The first-order valence-corrected chi connectivity index (χ1v) is 8.47. The van der Waals surface area contributed by atoms with Crippen molar-refractivity contribution in [1.29, 1.82) is 0 Å². The van der Waals surface area contributed by atoms with Gasteiger partial charge in [-0.2, -0.15) is 0 Å². The number of nitrogens with one attached hydrogen (secondary N) is 1. The van der Waals surface area contributed by atoms with Gasteiger partial charge >= 0.3 is 0 Å². The van der Waals surface area contributed by atoms with E-state index in [1.807, 2.05) is 13.8 Å². The number of nitrogens with zero attached hydrogens (tertiary/aromatic N) is 2. The van der Waals surface area contributed by atoms with Crippen molar-refractivity contribution in [3.63, 3.8) is 0 Å². The maximum absolute atomic E-state index is 12.1. The minimum atomic E-state index is -0.910. The molecule has 0 aliphatic carbocycles. The van der Waals surface area contributed by atoms with Gasteiger partial charge in [0.05, 0.1) is 10.5 Å². The maximum Gasteiger partial charge on any atom is 0.270 e. The van der Waals surface area contributed by atoms with Gasteiger partial charge < -0.3 is 10.4 Å². The number of thiazole rings is 1. The Hall–Kier alpha value is -2.32. The number of nitro groups is 1. The van der Waals surface area contributed by atoms with Crippen LogP contribution >= 0.6 is 11.3 Å². The van der Waals surface area contributed by atoms with E-state index < -0.39 is 10.5 Å². The molecule has 7 nitrogen and oxygen atoms in total. The Labute approximate surface area is 143 Å². The van der Waals surface area contributed by atoms with Gasteiger partial charge in [0.15, 0.2) is 0 Å². The van der Waals surface area contributed by atoms with Gasteiger partial charge in [-0.1, -0.05) is 13.8 Å². The number of carbonyl (C=O) groups excluding carboxylic acids is 1. The number of amides is 1. The molecule has 24 heavy (non-hydrogen) atoms. The van der Waals surface area contributed by atoms with E-state index in [1.165, 1.54) is 23.5 Å². The van der Waals surface area contributed by atoms with Crippen LogP contribution in [0.3, 0.4) is 0 Å². The molecule has 0 fully saturated rings. The molecule has 1 aromatic heterocycles. The molecular weight excluding hydrogens is 330 g/mol. The standard InChI is InChI=1S/C16H19N3O4S/c1-3-16(21,4-2)10-17-14(20)13-9-24-15(18-13)11-5-7-12(8-6-11)19(22)23/h5-9,21H,3-4,10H2,1-2H3,(H,17,20). The zero-order chi connectivity index (χ0) is 17.7. The smallest absolute Gasteiger partial charge is 0.270 e. The lowest BCUT2D eigenvalue weighted by atomic mass is 9.97. The van der Waals surface area contributed by atoms with E-state index in [-0.39, 0.29) is 23.8 Å². The van der Waals surface area contributed by atoms with Crippen LogP contribution in [0.15, 0.2) is 29.6 Å². The highest BCUT2D eigenvalue weighted by Crippen LogP contribution is 2.25. The summed E-state index contributed by atoms with van der Waals surface area (Å²) in [6.07, 6.45) is 1.10. The summed E-state index contributed by atoms with van der Waals surface area (Å²) < 4.78 is 0. The fourth-order valence-corrected chi connectivity index (χ4v) is 2.88. The van der Waals surface area contributed by atoms with E-state index in [0.29, 0.717) is 23.4 Å². The molecule has 2 rings (SSSR count). The van der Waals surface area contributed by atoms with E-state index in [2.05, 4.69) is 10.3 Å². The van der Waals surface area contributed by atoms with E-state index in [0.717, 1.165) is 0 Å². The summed E-state index contributed by atoms with van der Waals surface area (Å²) in [5.74, 6) is -0.347. The maximum atomic E-state index is 12.1. The summed E-state index contributed by atoms with van der Waals surface area (Å²) in [7, 11) is 0. The molecule has 0 spiro atoms. The highest BCUT2D eigenvalue weighted by molar-refractivity contribution is 7.13. The largest absolute Gasteiger partial charge is 0.388 e. The van der Waals surface area contributed by atoms with Gasteiger partial charge in [0, 0.05) is 29.6 Å². The lowest BCUT2D eigenvalue weighted by Crippen LogP contribution is -2.42. The van der Waals surface area contributed by atoms with Crippen LogP contribution in [0.1, 0.15) is 37.2 Å². The number of hydrogen-bond donors (Lipinski definition) is 2. The van der Waals surface area contributed by atoms with Crippen molar-refractivity contribution < 1.29 is 14.8 Å². The van der Waals surface area contributed by atoms with Crippen molar-refractivity contribution in [2.45, 2.75) is 32.3 Å². The topological polar surface area (TPSA) is 105 Å². The Kier molecular flexibility index (Phi) is 5.63. The monoisotopic (exact) mass is 349 g/mol. The van der Waals surface area contributed by atoms with Crippen molar-refractivity contribution in [2.24, 2.45) is 0 Å². The fraction of sp³-hybridized carbons (Fsp3) is 0.375. The molecule has 0 aliphatic heterocycles. The molecule has 0 unspecified atom stereocenters. The summed E-state index contributed by atoms with van der Waals surface area (Å²) in [6.45, 7) is 3.90. The Bertz CT molecular complexity index is 723. The van der Waals surface area contributed by atoms with Gasteiger partial charge in [0.2, 0.25) is 0 Å². The predicted octanol–water partition coefficient (Wildman–Crippen LogP) is 3.00. The lowest BCUT2D eigenvalue weighted by molar-refractivity contribution is -0.384. The number of hydrogen-bond acceptors (Lipinski definition) is 6. The van der Waals surface area contributed by atoms with E-state index in [1.54, 1.807) is 17.5 Å². The van der Waals surface area contributed by atoms with Crippen molar-refractivity contribution in [2.75, 3.05) is 6.54 Å². The average Bonchev–Trinajstić information content (AvgIpc) is 3.09. The SMILES string of the molecule is CCC(O)(CC)CNC(=O)c1csc(-c2ccc([N+](=O)[O-])cc2)n1. The van der Waals surface area contributed by atoms with Gasteiger partial charge in [-0.25, -0.2) is 4.98 Å². The van der Waals surface area contributed by atoms with Crippen LogP contribution < -0.4 is 5.32 Å². The fourth-order valence-electron chi connectivity index (χ4n) is 2.07. The minimum absolute atomic E-state index is 0.00619. The normalized spacial score (nSPS) is 11.3. The van der Waals surface area contributed by atoms with Crippen LogP contribution in [0.2, 0.25) is 0 Å². The summed E-state index contributed by atoms with van der Waals surface area (Å²) in [5.41, 5.74) is 0.0743. The van der Waals surface area contributed by atoms with Crippen LogP contribution in [-0.2, 0) is 0 Å². The molecule has 1 aromatic carbocycles. The van der Waals surface area contributed by atoms with Crippen molar-refractivity contribution in [3.8, 4) is 10.6 Å². The number of carbonyl (C=O) groups is 1. The van der Waals surface area contributed by atoms with Gasteiger partial charge in [0.1, 0.15) is 10.7 Å². The summed E-state index contributed by atoms with van der Waals surface area (Å²) in [4.78, 5) is 26.6. The Morgan fingerprint density at radius 1 is 1.33 bits per heavy atom. The molecule has 0 saturated heterocycles. The molecule has 8 heteroatoms. The number of non-ortho nitro benzene ring substituents is 1. The number of rotatable bonds is 7. The van der Waals surface area contributed by atoms with Crippen LogP contribution in [0.4, 0.5) is 5.69 Å².